The van der Waals surface area contributed by atoms with E-state index in [1.807, 2.05) is 0 Å². The van der Waals surface area contributed by atoms with Gasteiger partial charge in [-0.3, -0.25) is 4.79 Å². The molecule has 2 saturated heterocycles. The maximum absolute atomic E-state index is 12.6. The Kier molecular flexibility index (Phi) is 12.4. The van der Waals surface area contributed by atoms with Gasteiger partial charge in [0.2, 0.25) is 5.91 Å². The van der Waals surface area contributed by atoms with Gasteiger partial charge < -0.3 is 84.2 Å². The molecule has 17 nitrogen and oxygen atoms in total. The zero-order valence-corrected chi connectivity index (χ0v) is 22.4. The summed E-state index contributed by atoms with van der Waals surface area (Å²) in [5.74, 6) is -0.778. The van der Waals surface area contributed by atoms with E-state index >= 15 is 0 Å². The largest absolute Gasteiger partial charge is 0.389 e. The highest BCUT2D eigenvalue weighted by Crippen LogP contribution is 2.32. The van der Waals surface area contributed by atoms with Crippen molar-refractivity contribution in [2.75, 3.05) is 19.6 Å². The Morgan fingerprint density at radius 3 is 2.20 bits per heavy atom. The van der Waals surface area contributed by atoms with Crippen LogP contribution in [0.25, 0.3) is 0 Å². The lowest BCUT2D eigenvalue weighted by Gasteiger charge is -2.48. The van der Waals surface area contributed by atoms with Crippen molar-refractivity contribution < 1.29 is 49.3 Å². The maximum atomic E-state index is 12.6. The summed E-state index contributed by atoms with van der Waals surface area (Å²) in [5, 5.41) is 55.5. The Balaban J connectivity index is 1.85. The molecule has 1 amide bonds. The van der Waals surface area contributed by atoms with Gasteiger partial charge in [-0.2, -0.15) is 0 Å². The highest BCUT2D eigenvalue weighted by atomic mass is 16.7. The molecule has 1 unspecified atom stereocenters. The van der Waals surface area contributed by atoms with E-state index in [9.17, 15) is 30.3 Å². The molecule has 0 spiro atoms. The summed E-state index contributed by atoms with van der Waals surface area (Å²) in [7, 11) is 0. The molecular formula is C23H47N7O10. The van der Waals surface area contributed by atoms with E-state index in [0.29, 0.717) is 12.8 Å². The minimum absolute atomic E-state index is 0.00208. The fraction of sp³-hybridized carbons (Fsp3) is 0.957. The summed E-state index contributed by atoms with van der Waals surface area (Å²) in [6.07, 6.45) is -12.7. The Morgan fingerprint density at radius 2 is 1.57 bits per heavy atom. The first-order valence-electron chi connectivity index (χ1n) is 13.6. The van der Waals surface area contributed by atoms with Crippen LogP contribution in [0.15, 0.2) is 0 Å². The van der Waals surface area contributed by atoms with Gasteiger partial charge in [-0.25, -0.2) is 0 Å². The zero-order valence-electron chi connectivity index (χ0n) is 22.4. The molecule has 17 heteroatoms. The third-order valence-corrected chi connectivity index (χ3v) is 7.75. The van der Waals surface area contributed by atoms with E-state index in [2.05, 4.69) is 5.32 Å². The molecule has 3 fully saturated rings. The quantitative estimate of drug-likeness (QED) is 0.108. The second kappa shape index (κ2) is 14.9. The van der Waals surface area contributed by atoms with Gasteiger partial charge in [-0.15, -0.1) is 0 Å². The second-order valence-corrected chi connectivity index (χ2v) is 10.7. The Hall–Kier alpha value is -1.13. The smallest absolute Gasteiger partial charge is 0.249 e. The zero-order chi connectivity index (χ0) is 29.7. The van der Waals surface area contributed by atoms with Crippen LogP contribution in [0.3, 0.4) is 0 Å². The molecule has 0 aromatic heterocycles. The molecule has 2 heterocycles. The van der Waals surface area contributed by atoms with Gasteiger partial charge >= 0.3 is 0 Å². The molecule has 234 valence electrons. The molecule has 18 N–H and O–H groups in total. The second-order valence-electron chi connectivity index (χ2n) is 10.7. The number of aliphatic hydroxyl groups excluding tert-OH is 5. The van der Waals surface area contributed by atoms with Crippen LogP contribution < -0.4 is 39.7 Å². The summed E-state index contributed by atoms with van der Waals surface area (Å²) in [6.45, 7) is 0.0166. The monoisotopic (exact) mass is 581 g/mol. The standard InChI is InChI=1S/C23H47N7O10/c24-4-3-12(31)21(36)30-11-5-10(28)18(38-22-9(27)2-1-8(6-25)37-22)17(35)19(11)39-23-16(34)14(29)15(33)20(40-23)13(32)7-26/h8-20,22-23,31-35H,1-7,24-29H2,(H,30,36)/t8-,9+,10-,11+,12-,13?,14-,15-,16+,17-,18+,19-,20+,22+,23-/m0/s1. The lowest BCUT2D eigenvalue weighted by atomic mass is 9.83. The Bertz CT molecular complexity index is 805. The summed E-state index contributed by atoms with van der Waals surface area (Å²) in [4.78, 5) is 12.6. The molecule has 1 saturated carbocycles. The van der Waals surface area contributed by atoms with Gasteiger partial charge in [0, 0.05) is 19.1 Å². The molecule has 3 rings (SSSR count). The van der Waals surface area contributed by atoms with Gasteiger partial charge in [0.05, 0.1) is 30.3 Å². The molecule has 40 heavy (non-hydrogen) atoms. The molecule has 0 bridgehead atoms. The van der Waals surface area contributed by atoms with E-state index in [0.717, 1.165) is 0 Å². The number of rotatable bonds is 11. The average Bonchev–Trinajstić information content (AvgIpc) is 2.93. The van der Waals surface area contributed by atoms with Crippen molar-refractivity contribution in [2.45, 2.75) is 117 Å². The summed E-state index contributed by atoms with van der Waals surface area (Å²) in [5.41, 5.74) is 35.2. The molecule has 2 aliphatic heterocycles. The molecule has 0 aromatic carbocycles. The van der Waals surface area contributed by atoms with Crippen LogP contribution in [-0.4, -0.2) is 143 Å². The van der Waals surface area contributed by atoms with Crippen molar-refractivity contribution in [1.29, 1.82) is 0 Å². The van der Waals surface area contributed by atoms with E-state index in [1.165, 1.54) is 0 Å². The van der Waals surface area contributed by atoms with Crippen LogP contribution in [0.5, 0.6) is 0 Å². The van der Waals surface area contributed by atoms with E-state index in [-0.39, 0.29) is 38.6 Å². The Labute approximate surface area is 232 Å². The van der Waals surface area contributed by atoms with Crippen molar-refractivity contribution >= 4 is 5.91 Å². The highest BCUT2D eigenvalue weighted by Gasteiger charge is 2.52. The van der Waals surface area contributed by atoms with Gasteiger partial charge in [0.1, 0.15) is 42.7 Å². The van der Waals surface area contributed by atoms with E-state index < -0.39 is 91.5 Å². The third-order valence-electron chi connectivity index (χ3n) is 7.75. The van der Waals surface area contributed by atoms with Crippen molar-refractivity contribution in [3.63, 3.8) is 0 Å². The molecular weight excluding hydrogens is 534 g/mol. The summed E-state index contributed by atoms with van der Waals surface area (Å²) < 4.78 is 23.5. The first kappa shape index (κ1) is 33.4. The van der Waals surface area contributed by atoms with Crippen molar-refractivity contribution in [3.8, 4) is 0 Å². The van der Waals surface area contributed by atoms with Crippen molar-refractivity contribution in [1.82, 2.24) is 5.32 Å². The number of aliphatic hydroxyl groups is 5. The van der Waals surface area contributed by atoms with Gasteiger partial charge in [0.15, 0.2) is 12.6 Å². The van der Waals surface area contributed by atoms with Crippen LogP contribution in [0, 0.1) is 0 Å². The first-order chi connectivity index (χ1) is 18.9. The Morgan fingerprint density at radius 1 is 0.900 bits per heavy atom. The van der Waals surface area contributed by atoms with Crippen LogP contribution in [0.1, 0.15) is 25.7 Å². The van der Waals surface area contributed by atoms with E-state index in [4.69, 9.17) is 53.3 Å². The van der Waals surface area contributed by atoms with Crippen LogP contribution in [0.4, 0.5) is 0 Å². The number of ether oxygens (including phenoxy) is 4. The molecule has 0 aromatic rings. The SMILES string of the molecule is NCC[C@H](O)C(=O)N[C@@H]1C[C@H](N)[C@@H](O[C@H]2O[C@H](CN)CC[C@H]2N)[C@H](O)[C@H]1O[C@H]1O[C@H](C(O)CN)[C@@H](O)[C@H](N)[C@H]1O. The lowest BCUT2D eigenvalue weighted by molar-refractivity contribution is -0.319. The topological polar surface area (TPSA) is 323 Å². The normalized spacial score (nSPS) is 44.1. The fourth-order valence-corrected chi connectivity index (χ4v) is 5.28. The highest BCUT2D eigenvalue weighted by molar-refractivity contribution is 5.80. The third kappa shape index (κ3) is 7.63. The van der Waals surface area contributed by atoms with Crippen LogP contribution >= 0.6 is 0 Å². The number of hydrogen-bond acceptors (Lipinski definition) is 16. The molecule has 3 aliphatic rings. The minimum atomic E-state index is -1.60. The van der Waals surface area contributed by atoms with Crippen LogP contribution in [0.2, 0.25) is 0 Å². The minimum Gasteiger partial charge on any atom is -0.389 e. The number of nitrogens with two attached hydrogens (primary N) is 6. The number of nitrogens with one attached hydrogen (secondary N) is 1. The van der Waals surface area contributed by atoms with Crippen molar-refractivity contribution in [3.05, 3.63) is 0 Å². The van der Waals surface area contributed by atoms with Crippen LogP contribution in [-0.2, 0) is 23.7 Å². The van der Waals surface area contributed by atoms with E-state index in [1.54, 1.807) is 0 Å². The van der Waals surface area contributed by atoms with Gasteiger partial charge in [-0.05, 0) is 32.2 Å². The fourth-order valence-electron chi connectivity index (χ4n) is 5.28. The predicted octanol–water partition coefficient (Wildman–Crippen LogP) is -7.07. The lowest BCUT2D eigenvalue weighted by Crippen LogP contribution is -2.69. The molecule has 1 aliphatic carbocycles. The number of amides is 1. The number of carbonyl (C=O) groups excluding carboxylic acids is 1. The number of carbonyl (C=O) groups is 1. The number of hydrogen-bond donors (Lipinski definition) is 12. The maximum Gasteiger partial charge on any atom is 0.249 e. The predicted molar refractivity (Wildman–Crippen MR) is 139 cm³/mol. The molecule has 0 radical (unpaired) electrons. The van der Waals surface area contributed by atoms with Crippen molar-refractivity contribution in [2.24, 2.45) is 34.4 Å². The average molecular weight is 582 g/mol. The summed E-state index contributed by atoms with van der Waals surface area (Å²) in [6, 6.07) is -3.68. The van der Waals surface area contributed by atoms with Gasteiger partial charge in [0.25, 0.3) is 0 Å². The van der Waals surface area contributed by atoms with Gasteiger partial charge in [-0.1, -0.05) is 0 Å². The first-order valence-corrected chi connectivity index (χ1v) is 13.6. The molecule has 15 atom stereocenters. The summed E-state index contributed by atoms with van der Waals surface area (Å²) >= 11 is 0.